The Hall–Kier alpha value is -2.43. The van der Waals surface area contributed by atoms with Crippen LogP contribution in [-0.4, -0.2) is 69.4 Å². The first-order valence-electron chi connectivity index (χ1n) is 10.3. The number of carbonyl (C=O) groups is 1. The average Bonchev–Trinajstić information content (AvgIpc) is 3.21. The largest absolute Gasteiger partial charge is 0.393 e. The summed E-state index contributed by atoms with van der Waals surface area (Å²) in [5.41, 5.74) is 1.56. The minimum atomic E-state index is -0.287. The van der Waals surface area contributed by atoms with E-state index in [9.17, 15) is 9.90 Å². The highest BCUT2D eigenvalue weighted by Crippen LogP contribution is 2.27. The molecule has 0 unspecified atom stereocenters. The van der Waals surface area contributed by atoms with Crippen LogP contribution >= 0.6 is 23.1 Å². The first-order valence-corrected chi connectivity index (χ1v) is 12.4. The van der Waals surface area contributed by atoms with Gasteiger partial charge in [-0.1, -0.05) is 11.3 Å². The molecule has 0 atom stereocenters. The molecule has 2 aromatic heterocycles. The number of anilines is 2. The standard InChI is InChI=1S/C21H26N6O2S2/c1-30-16-12-24-20(25-13-16)22-7-2-8-23-21-26-17-4-3-14(11-18(17)31-21)19(29)27-9-5-15(28)6-10-27/h3-4,11-13,15,28H,2,5-10H2,1H3,(H,23,26)(H,22,24,25). The molecule has 1 aliphatic heterocycles. The number of carbonyl (C=O) groups excluding carboxylic acids is 1. The van der Waals surface area contributed by atoms with Crippen LogP contribution in [0.25, 0.3) is 10.2 Å². The number of aliphatic hydroxyl groups excluding tert-OH is 1. The number of likely N-dealkylation sites (tertiary alicyclic amines) is 1. The molecule has 8 nitrogen and oxygen atoms in total. The molecule has 0 saturated carbocycles. The second-order valence-corrected chi connectivity index (χ2v) is 9.29. The Morgan fingerprint density at radius 2 is 1.97 bits per heavy atom. The third-order valence-electron chi connectivity index (χ3n) is 5.16. The van der Waals surface area contributed by atoms with Crippen LogP contribution in [0.3, 0.4) is 0 Å². The Balaban J connectivity index is 1.27. The number of fused-ring (bicyclic) bond motifs is 1. The average molecular weight is 459 g/mol. The van der Waals surface area contributed by atoms with E-state index in [0.29, 0.717) is 37.4 Å². The van der Waals surface area contributed by atoms with E-state index < -0.39 is 0 Å². The van der Waals surface area contributed by atoms with Crippen molar-refractivity contribution in [3.8, 4) is 0 Å². The fourth-order valence-electron chi connectivity index (χ4n) is 3.38. The van der Waals surface area contributed by atoms with Crippen LogP contribution < -0.4 is 10.6 Å². The lowest BCUT2D eigenvalue weighted by Gasteiger charge is -2.29. The van der Waals surface area contributed by atoms with Crippen LogP contribution in [0.5, 0.6) is 0 Å². The maximum absolute atomic E-state index is 12.7. The first-order chi connectivity index (χ1) is 15.1. The van der Waals surface area contributed by atoms with E-state index in [1.165, 1.54) is 0 Å². The molecule has 1 aliphatic rings. The van der Waals surface area contributed by atoms with Crippen LogP contribution in [0.4, 0.5) is 11.1 Å². The summed E-state index contributed by atoms with van der Waals surface area (Å²) in [5.74, 6) is 0.661. The molecule has 0 radical (unpaired) electrons. The molecule has 31 heavy (non-hydrogen) atoms. The first kappa shape index (κ1) is 21.8. The highest BCUT2D eigenvalue weighted by molar-refractivity contribution is 7.98. The van der Waals surface area contributed by atoms with Gasteiger partial charge in [0.05, 0.1) is 16.3 Å². The normalized spacial score (nSPS) is 14.7. The summed E-state index contributed by atoms with van der Waals surface area (Å²) in [7, 11) is 0. The zero-order chi connectivity index (χ0) is 21.6. The molecule has 10 heteroatoms. The van der Waals surface area contributed by atoms with E-state index in [2.05, 4.69) is 25.6 Å². The van der Waals surface area contributed by atoms with Gasteiger partial charge in [0.1, 0.15) is 0 Å². The minimum Gasteiger partial charge on any atom is -0.393 e. The van der Waals surface area contributed by atoms with Crippen molar-refractivity contribution in [3.63, 3.8) is 0 Å². The molecule has 0 aliphatic carbocycles. The molecule has 3 aromatic rings. The number of aliphatic hydroxyl groups is 1. The third-order valence-corrected chi connectivity index (χ3v) is 6.82. The van der Waals surface area contributed by atoms with Gasteiger partial charge >= 0.3 is 0 Å². The molecular formula is C21H26N6O2S2. The molecule has 164 valence electrons. The van der Waals surface area contributed by atoms with Crippen molar-refractivity contribution in [1.82, 2.24) is 19.9 Å². The lowest BCUT2D eigenvalue weighted by molar-refractivity contribution is 0.0546. The second kappa shape index (κ2) is 10.3. The number of nitrogens with one attached hydrogen (secondary N) is 2. The summed E-state index contributed by atoms with van der Waals surface area (Å²) in [6.45, 7) is 2.75. The van der Waals surface area contributed by atoms with Gasteiger partial charge in [-0.2, -0.15) is 0 Å². The van der Waals surface area contributed by atoms with E-state index in [-0.39, 0.29) is 12.0 Å². The Morgan fingerprint density at radius 1 is 1.23 bits per heavy atom. The highest BCUT2D eigenvalue weighted by Gasteiger charge is 2.22. The van der Waals surface area contributed by atoms with E-state index in [4.69, 9.17) is 0 Å². The van der Waals surface area contributed by atoms with Gasteiger partial charge in [0.2, 0.25) is 5.95 Å². The third kappa shape index (κ3) is 5.63. The van der Waals surface area contributed by atoms with Crippen LogP contribution in [0.1, 0.15) is 29.6 Å². The Kier molecular flexibility index (Phi) is 7.21. The second-order valence-electron chi connectivity index (χ2n) is 7.38. The number of thiazole rings is 1. The molecule has 3 heterocycles. The predicted molar refractivity (Wildman–Crippen MR) is 126 cm³/mol. The fraction of sp³-hybridized carbons (Fsp3) is 0.429. The summed E-state index contributed by atoms with van der Waals surface area (Å²) >= 11 is 3.17. The quantitative estimate of drug-likeness (QED) is 0.349. The lowest BCUT2D eigenvalue weighted by atomic mass is 10.1. The van der Waals surface area contributed by atoms with E-state index >= 15 is 0 Å². The predicted octanol–water partition coefficient (Wildman–Crippen LogP) is 3.32. The van der Waals surface area contributed by atoms with Crippen LogP contribution in [0.15, 0.2) is 35.5 Å². The molecule has 1 saturated heterocycles. The van der Waals surface area contributed by atoms with Gasteiger partial charge in [0.15, 0.2) is 5.13 Å². The Morgan fingerprint density at radius 3 is 2.71 bits per heavy atom. The van der Waals surface area contributed by atoms with Gasteiger partial charge in [-0.3, -0.25) is 4.79 Å². The van der Waals surface area contributed by atoms with Crippen molar-refractivity contribution >= 4 is 50.3 Å². The molecule has 4 rings (SSSR count). The Labute approximate surface area is 189 Å². The summed E-state index contributed by atoms with van der Waals surface area (Å²) in [6.07, 6.45) is 7.53. The van der Waals surface area contributed by atoms with Crippen molar-refractivity contribution in [3.05, 3.63) is 36.2 Å². The number of aromatic nitrogens is 3. The number of nitrogens with zero attached hydrogens (tertiary/aromatic N) is 4. The zero-order valence-electron chi connectivity index (χ0n) is 17.4. The molecule has 0 spiro atoms. The lowest BCUT2D eigenvalue weighted by Crippen LogP contribution is -2.40. The van der Waals surface area contributed by atoms with Gasteiger partial charge in [-0.05, 0) is 43.7 Å². The van der Waals surface area contributed by atoms with E-state index in [0.717, 1.165) is 39.8 Å². The summed E-state index contributed by atoms with van der Waals surface area (Å²) < 4.78 is 0.991. The van der Waals surface area contributed by atoms with E-state index in [1.54, 1.807) is 23.1 Å². The molecular weight excluding hydrogens is 432 g/mol. The van der Waals surface area contributed by atoms with Gasteiger partial charge in [-0.15, -0.1) is 11.8 Å². The number of piperidine rings is 1. The SMILES string of the molecule is CSc1cnc(NCCCNc2nc3ccc(C(=O)N4CCC(O)CC4)cc3s2)nc1. The van der Waals surface area contributed by atoms with Crippen molar-refractivity contribution < 1.29 is 9.90 Å². The maximum Gasteiger partial charge on any atom is 0.253 e. The number of thioether (sulfide) groups is 1. The minimum absolute atomic E-state index is 0.0237. The van der Waals surface area contributed by atoms with Gasteiger partial charge in [-0.25, -0.2) is 15.0 Å². The van der Waals surface area contributed by atoms with Crippen molar-refractivity contribution in [1.29, 1.82) is 0 Å². The number of hydrogen-bond acceptors (Lipinski definition) is 9. The van der Waals surface area contributed by atoms with E-state index in [1.807, 2.05) is 41.7 Å². The topological polar surface area (TPSA) is 103 Å². The fourth-order valence-corrected chi connectivity index (χ4v) is 4.63. The zero-order valence-corrected chi connectivity index (χ0v) is 19.0. The van der Waals surface area contributed by atoms with Crippen molar-refractivity contribution in [2.75, 3.05) is 43.1 Å². The number of amides is 1. The summed E-state index contributed by atoms with van der Waals surface area (Å²) in [4.78, 5) is 28.8. The van der Waals surface area contributed by atoms with Gasteiger partial charge in [0.25, 0.3) is 5.91 Å². The smallest absolute Gasteiger partial charge is 0.253 e. The van der Waals surface area contributed by atoms with Crippen LogP contribution in [0.2, 0.25) is 0 Å². The number of hydrogen-bond donors (Lipinski definition) is 3. The summed E-state index contributed by atoms with van der Waals surface area (Å²) in [5, 5.41) is 17.1. The molecule has 1 amide bonds. The highest BCUT2D eigenvalue weighted by atomic mass is 32.2. The van der Waals surface area contributed by atoms with Crippen LogP contribution in [0, 0.1) is 0 Å². The monoisotopic (exact) mass is 458 g/mol. The van der Waals surface area contributed by atoms with Crippen LogP contribution in [-0.2, 0) is 0 Å². The molecule has 1 aromatic carbocycles. The summed E-state index contributed by atoms with van der Waals surface area (Å²) in [6, 6.07) is 5.66. The maximum atomic E-state index is 12.7. The molecule has 3 N–H and O–H groups in total. The molecule has 0 bridgehead atoms. The van der Waals surface area contributed by atoms with Crippen molar-refractivity contribution in [2.45, 2.75) is 30.3 Å². The van der Waals surface area contributed by atoms with Gasteiger partial charge in [0, 0.05) is 49.0 Å². The van der Waals surface area contributed by atoms with Crippen molar-refractivity contribution in [2.24, 2.45) is 0 Å². The number of benzene rings is 1. The van der Waals surface area contributed by atoms with Gasteiger partial charge < -0.3 is 20.6 Å². The number of rotatable bonds is 8. The molecule has 1 fully saturated rings. The Bertz CT molecular complexity index is 1020.